The molecule has 1 saturated heterocycles. The lowest BCUT2D eigenvalue weighted by atomic mass is 10.1. The summed E-state index contributed by atoms with van der Waals surface area (Å²) in [5.74, 6) is 0.564. The number of morpholine rings is 1. The number of anilines is 1. The van der Waals surface area contributed by atoms with Gasteiger partial charge in [0, 0.05) is 24.3 Å². The summed E-state index contributed by atoms with van der Waals surface area (Å²) >= 11 is 0. The van der Waals surface area contributed by atoms with E-state index < -0.39 is 11.7 Å². The first-order valence-electron chi connectivity index (χ1n) is 8.42. The fraction of sp³-hybridized carbons (Fsp3) is 0.316. The van der Waals surface area contributed by atoms with Crippen molar-refractivity contribution in [3.8, 4) is 11.4 Å². The third-order valence-electron chi connectivity index (χ3n) is 4.64. The zero-order valence-corrected chi connectivity index (χ0v) is 14.2. The van der Waals surface area contributed by atoms with E-state index in [0.29, 0.717) is 30.1 Å². The van der Waals surface area contributed by atoms with Crippen molar-refractivity contribution in [2.45, 2.75) is 13.1 Å². The fourth-order valence-electron chi connectivity index (χ4n) is 3.22. The van der Waals surface area contributed by atoms with Crippen molar-refractivity contribution in [1.29, 1.82) is 0 Å². The number of fused-ring (bicyclic) bond motifs is 1. The number of aryl methyl sites for hydroxylation is 1. The number of hydrogen-bond acceptors (Lipinski definition) is 3. The highest BCUT2D eigenvalue weighted by molar-refractivity contribution is 5.81. The van der Waals surface area contributed by atoms with Gasteiger partial charge in [-0.1, -0.05) is 12.1 Å². The monoisotopic (exact) mass is 361 g/mol. The van der Waals surface area contributed by atoms with Gasteiger partial charge in [-0.15, -0.1) is 0 Å². The molecule has 0 unspecified atom stereocenters. The predicted molar refractivity (Wildman–Crippen MR) is 94.3 cm³/mol. The van der Waals surface area contributed by atoms with Crippen molar-refractivity contribution in [1.82, 2.24) is 9.97 Å². The van der Waals surface area contributed by atoms with Crippen LogP contribution < -0.4 is 4.90 Å². The molecule has 3 aromatic rings. The van der Waals surface area contributed by atoms with Crippen LogP contribution in [0.2, 0.25) is 0 Å². The summed E-state index contributed by atoms with van der Waals surface area (Å²) in [6.45, 7) is 5.06. The third kappa shape index (κ3) is 3.14. The van der Waals surface area contributed by atoms with Gasteiger partial charge >= 0.3 is 6.18 Å². The lowest BCUT2D eigenvalue weighted by Crippen LogP contribution is -2.36. The standard InChI is InChI=1S/C19H18F3N3O/c1-12-2-3-13(10-17(12)25-6-8-26-9-7-25)18-23-15-5-4-14(19(20,21)22)11-16(15)24-18/h2-5,10-11H,6-9H2,1H3,(H,23,24). The molecule has 0 atom stereocenters. The zero-order chi connectivity index (χ0) is 18.3. The maximum atomic E-state index is 12.9. The predicted octanol–water partition coefficient (Wildman–Crippen LogP) is 4.39. The Balaban J connectivity index is 1.73. The van der Waals surface area contributed by atoms with E-state index in [1.807, 2.05) is 25.1 Å². The molecule has 1 aliphatic rings. The molecule has 2 aromatic carbocycles. The SMILES string of the molecule is Cc1ccc(-c2nc3ccc(C(F)(F)F)cc3[nH]2)cc1N1CCOCC1. The Morgan fingerprint density at radius 3 is 2.58 bits per heavy atom. The highest BCUT2D eigenvalue weighted by atomic mass is 19.4. The fourth-order valence-corrected chi connectivity index (χ4v) is 3.22. The summed E-state index contributed by atoms with van der Waals surface area (Å²) in [5, 5.41) is 0. The summed E-state index contributed by atoms with van der Waals surface area (Å²) in [5.41, 5.74) is 3.30. The Bertz CT molecular complexity index is 943. The van der Waals surface area contributed by atoms with Crippen LogP contribution in [-0.4, -0.2) is 36.3 Å². The van der Waals surface area contributed by atoms with Crippen molar-refractivity contribution >= 4 is 16.7 Å². The minimum atomic E-state index is -4.37. The lowest BCUT2D eigenvalue weighted by molar-refractivity contribution is -0.137. The van der Waals surface area contributed by atoms with Crippen LogP contribution in [0, 0.1) is 6.92 Å². The highest BCUT2D eigenvalue weighted by Crippen LogP contribution is 2.32. The van der Waals surface area contributed by atoms with Crippen LogP contribution >= 0.6 is 0 Å². The first-order chi connectivity index (χ1) is 12.4. The van der Waals surface area contributed by atoms with Gasteiger partial charge in [-0.3, -0.25) is 0 Å². The summed E-state index contributed by atoms with van der Waals surface area (Å²) in [6, 6.07) is 9.53. The van der Waals surface area contributed by atoms with Gasteiger partial charge in [-0.2, -0.15) is 13.2 Å². The van der Waals surface area contributed by atoms with E-state index >= 15 is 0 Å². The number of ether oxygens (including phenoxy) is 1. The van der Waals surface area contributed by atoms with Gasteiger partial charge < -0.3 is 14.6 Å². The van der Waals surface area contributed by atoms with E-state index in [1.165, 1.54) is 6.07 Å². The van der Waals surface area contributed by atoms with Crippen LogP contribution in [0.4, 0.5) is 18.9 Å². The second kappa shape index (κ2) is 6.32. The lowest BCUT2D eigenvalue weighted by Gasteiger charge is -2.30. The molecule has 1 fully saturated rings. The Kier molecular flexibility index (Phi) is 4.11. The van der Waals surface area contributed by atoms with Gasteiger partial charge in [0.05, 0.1) is 29.8 Å². The molecule has 0 saturated carbocycles. The van der Waals surface area contributed by atoms with Gasteiger partial charge in [-0.25, -0.2) is 4.98 Å². The topological polar surface area (TPSA) is 41.2 Å². The molecule has 1 aliphatic heterocycles. The molecule has 1 aromatic heterocycles. The molecule has 0 bridgehead atoms. The Morgan fingerprint density at radius 2 is 1.85 bits per heavy atom. The average Bonchev–Trinajstić information content (AvgIpc) is 3.05. The molecule has 2 heterocycles. The third-order valence-corrected chi connectivity index (χ3v) is 4.64. The van der Waals surface area contributed by atoms with E-state index in [1.54, 1.807) is 0 Å². The van der Waals surface area contributed by atoms with Crippen LogP contribution in [0.1, 0.15) is 11.1 Å². The number of alkyl halides is 3. The molecular weight excluding hydrogens is 343 g/mol. The average molecular weight is 361 g/mol. The first-order valence-corrected chi connectivity index (χ1v) is 8.42. The molecule has 0 spiro atoms. The zero-order valence-electron chi connectivity index (χ0n) is 14.2. The number of benzene rings is 2. The number of aromatic nitrogens is 2. The van der Waals surface area contributed by atoms with Crippen LogP contribution in [0.25, 0.3) is 22.4 Å². The van der Waals surface area contributed by atoms with Crippen molar-refractivity contribution in [3.05, 3.63) is 47.5 Å². The summed E-state index contributed by atoms with van der Waals surface area (Å²) < 4.78 is 44.1. The molecule has 4 rings (SSSR count). The van der Waals surface area contributed by atoms with Crippen LogP contribution in [0.3, 0.4) is 0 Å². The molecule has 0 amide bonds. The van der Waals surface area contributed by atoms with Crippen LogP contribution in [0.15, 0.2) is 36.4 Å². The number of nitrogens with one attached hydrogen (secondary N) is 1. The summed E-state index contributed by atoms with van der Waals surface area (Å²) in [4.78, 5) is 9.73. The van der Waals surface area contributed by atoms with Gasteiger partial charge in [-0.05, 0) is 36.8 Å². The number of imidazole rings is 1. The number of hydrogen-bond donors (Lipinski definition) is 1. The molecule has 1 N–H and O–H groups in total. The molecule has 136 valence electrons. The van der Waals surface area contributed by atoms with Gasteiger partial charge in [0.1, 0.15) is 5.82 Å². The molecular formula is C19H18F3N3O. The highest BCUT2D eigenvalue weighted by Gasteiger charge is 2.30. The largest absolute Gasteiger partial charge is 0.416 e. The second-order valence-electron chi connectivity index (χ2n) is 6.42. The number of rotatable bonds is 2. The van der Waals surface area contributed by atoms with E-state index in [-0.39, 0.29) is 0 Å². The van der Waals surface area contributed by atoms with Crippen molar-refractivity contribution in [3.63, 3.8) is 0 Å². The van der Waals surface area contributed by atoms with Crippen LogP contribution in [0.5, 0.6) is 0 Å². The van der Waals surface area contributed by atoms with E-state index in [0.717, 1.165) is 42.0 Å². The van der Waals surface area contributed by atoms with Gasteiger partial charge in [0.2, 0.25) is 0 Å². The normalized spacial score (nSPS) is 15.6. The Hall–Kier alpha value is -2.54. The summed E-state index contributed by atoms with van der Waals surface area (Å²) in [7, 11) is 0. The Morgan fingerprint density at radius 1 is 1.08 bits per heavy atom. The van der Waals surface area contributed by atoms with Gasteiger partial charge in [0.25, 0.3) is 0 Å². The van der Waals surface area contributed by atoms with Crippen molar-refractivity contribution < 1.29 is 17.9 Å². The van der Waals surface area contributed by atoms with Gasteiger partial charge in [0.15, 0.2) is 0 Å². The van der Waals surface area contributed by atoms with E-state index in [4.69, 9.17) is 4.74 Å². The van der Waals surface area contributed by atoms with E-state index in [2.05, 4.69) is 14.9 Å². The van der Waals surface area contributed by atoms with Crippen molar-refractivity contribution in [2.75, 3.05) is 31.2 Å². The smallest absolute Gasteiger partial charge is 0.378 e. The number of H-pyrrole nitrogens is 1. The van der Waals surface area contributed by atoms with Crippen molar-refractivity contribution in [2.24, 2.45) is 0 Å². The van der Waals surface area contributed by atoms with Crippen LogP contribution in [-0.2, 0) is 10.9 Å². The molecule has 7 heteroatoms. The molecule has 4 nitrogen and oxygen atoms in total. The Labute approximate surface area is 148 Å². The molecule has 0 radical (unpaired) electrons. The minimum Gasteiger partial charge on any atom is -0.378 e. The number of halogens is 3. The quantitative estimate of drug-likeness (QED) is 0.736. The van der Waals surface area contributed by atoms with E-state index in [9.17, 15) is 13.2 Å². The molecule has 0 aliphatic carbocycles. The number of aromatic amines is 1. The number of nitrogens with zero attached hydrogens (tertiary/aromatic N) is 2. The maximum absolute atomic E-state index is 12.9. The maximum Gasteiger partial charge on any atom is 0.416 e. The summed E-state index contributed by atoms with van der Waals surface area (Å²) in [6.07, 6.45) is -4.37. The minimum absolute atomic E-state index is 0.378. The first kappa shape index (κ1) is 16.9. The second-order valence-corrected chi connectivity index (χ2v) is 6.42. The molecule has 26 heavy (non-hydrogen) atoms.